The minimum absolute atomic E-state index is 0.0271. The number of nitrogens with one attached hydrogen (secondary N) is 1. The molecule has 0 unspecified atom stereocenters. The molecule has 8 nitrogen and oxygen atoms in total. The molecule has 0 aliphatic rings. The highest BCUT2D eigenvalue weighted by molar-refractivity contribution is 6.05. The number of Topliss-reactive ketones (excluding diaryl/α,β-unsaturated/α-hetero) is 1. The number of ketones is 1. The molecule has 4 aromatic rings. The van der Waals surface area contributed by atoms with Gasteiger partial charge in [-0.3, -0.25) is 9.59 Å². The molecule has 0 aliphatic carbocycles. The number of esters is 2. The summed E-state index contributed by atoms with van der Waals surface area (Å²) in [6.07, 6.45) is 0. The zero-order chi connectivity index (χ0) is 25.3. The zero-order valence-corrected chi connectivity index (χ0v) is 19.7. The van der Waals surface area contributed by atoms with Crippen molar-refractivity contribution >= 4 is 28.7 Å². The Morgan fingerprint density at radius 3 is 2.31 bits per heavy atom. The van der Waals surface area contributed by atoms with Crippen LogP contribution in [0.4, 0.5) is 0 Å². The molecule has 2 aromatic heterocycles. The number of H-pyrrole nitrogens is 1. The third-order valence-corrected chi connectivity index (χ3v) is 5.84. The number of aryl methyl sites for hydroxylation is 1. The van der Waals surface area contributed by atoms with E-state index in [-0.39, 0.29) is 33.2 Å². The summed E-state index contributed by atoms with van der Waals surface area (Å²) in [5, 5.41) is 0.238. The first-order valence-electron chi connectivity index (χ1n) is 10.8. The number of hydrogen-bond acceptors (Lipinski definition) is 7. The zero-order valence-electron chi connectivity index (χ0n) is 19.7. The molecule has 0 atom stereocenters. The van der Waals surface area contributed by atoms with Crippen molar-refractivity contribution < 1.29 is 28.3 Å². The highest BCUT2D eigenvalue weighted by atomic mass is 16.5. The fourth-order valence-corrected chi connectivity index (χ4v) is 4.05. The molecule has 0 bridgehead atoms. The van der Waals surface area contributed by atoms with Gasteiger partial charge < -0.3 is 18.9 Å². The first-order chi connectivity index (χ1) is 16.7. The summed E-state index contributed by atoms with van der Waals surface area (Å²) in [4.78, 5) is 53.5. The van der Waals surface area contributed by atoms with Crippen molar-refractivity contribution in [2.24, 2.45) is 0 Å². The summed E-state index contributed by atoms with van der Waals surface area (Å²) in [6.45, 7) is 4.35. The highest BCUT2D eigenvalue weighted by Crippen LogP contribution is 2.27. The number of aromatic amines is 1. The van der Waals surface area contributed by atoms with Crippen LogP contribution in [0.15, 0.2) is 57.7 Å². The number of fused-ring (bicyclic) bond motifs is 1. The number of para-hydroxylation sites is 1. The SMILES string of the molecule is COC(=O)c1c(C)[nH]c(C(=O)COC(=O)c2cccc3c(=O)c(C)c(-c4ccccc4)oc23)c1C. The van der Waals surface area contributed by atoms with Gasteiger partial charge in [-0.1, -0.05) is 36.4 Å². The van der Waals surface area contributed by atoms with Crippen LogP contribution in [-0.2, 0) is 9.47 Å². The number of ether oxygens (including phenoxy) is 2. The molecule has 0 radical (unpaired) electrons. The van der Waals surface area contributed by atoms with E-state index >= 15 is 0 Å². The van der Waals surface area contributed by atoms with Gasteiger partial charge in [0.05, 0.1) is 23.8 Å². The summed E-state index contributed by atoms with van der Waals surface area (Å²) in [5.74, 6) is -1.55. The number of rotatable bonds is 6. The van der Waals surface area contributed by atoms with Gasteiger partial charge in [-0.05, 0) is 38.5 Å². The molecule has 8 heteroatoms. The molecule has 0 spiro atoms. The standard InChI is InChI=1S/C27H23NO7/c1-14-21(27(32)33-4)16(3)28-22(14)20(29)13-34-26(31)19-12-8-11-18-23(30)15(2)24(35-25(18)19)17-9-6-5-7-10-17/h5-12,28H,13H2,1-4H3. The lowest BCUT2D eigenvalue weighted by atomic mass is 10.0. The molecule has 0 aliphatic heterocycles. The summed E-state index contributed by atoms with van der Waals surface area (Å²) < 4.78 is 16.1. The predicted molar refractivity (Wildman–Crippen MR) is 129 cm³/mol. The van der Waals surface area contributed by atoms with Crippen molar-refractivity contribution in [2.45, 2.75) is 20.8 Å². The number of methoxy groups -OCH3 is 1. The van der Waals surface area contributed by atoms with E-state index in [1.54, 1.807) is 45.0 Å². The van der Waals surface area contributed by atoms with Gasteiger partial charge in [0.25, 0.3) is 0 Å². The Morgan fingerprint density at radius 1 is 0.914 bits per heavy atom. The van der Waals surface area contributed by atoms with Gasteiger partial charge in [-0.2, -0.15) is 0 Å². The van der Waals surface area contributed by atoms with E-state index in [2.05, 4.69) is 4.98 Å². The first kappa shape index (κ1) is 23.7. The molecule has 2 heterocycles. The lowest BCUT2D eigenvalue weighted by Gasteiger charge is -2.10. The fraction of sp³-hybridized carbons (Fsp3) is 0.185. The van der Waals surface area contributed by atoms with Gasteiger partial charge in [-0.25, -0.2) is 9.59 Å². The molecular formula is C27H23NO7. The smallest absolute Gasteiger partial charge is 0.342 e. The monoisotopic (exact) mass is 473 g/mol. The van der Waals surface area contributed by atoms with Crippen LogP contribution >= 0.6 is 0 Å². The summed E-state index contributed by atoms with van der Waals surface area (Å²) in [7, 11) is 1.25. The van der Waals surface area contributed by atoms with E-state index in [0.717, 1.165) is 0 Å². The maximum atomic E-state index is 13.0. The largest absolute Gasteiger partial charge is 0.465 e. The number of benzene rings is 2. The van der Waals surface area contributed by atoms with Crippen molar-refractivity contribution in [2.75, 3.05) is 13.7 Å². The summed E-state index contributed by atoms with van der Waals surface area (Å²) >= 11 is 0. The van der Waals surface area contributed by atoms with Crippen LogP contribution in [0.5, 0.6) is 0 Å². The van der Waals surface area contributed by atoms with Crippen LogP contribution in [0.1, 0.15) is 48.0 Å². The molecular weight excluding hydrogens is 450 g/mol. The molecule has 178 valence electrons. The van der Waals surface area contributed by atoms with Crippen LogP contribution in [0, 0.1) is 20.8 Å². The molecule has 1 N–H and O–H groups in total. The van der Waals surface area contributed by atoms with Crippen LogP contribution < -0.4 is 5.43 Å². The molecule has 0 fully saturated rings. The number of hydrogen-bond donors (Lipinski definition) is 1. The Labute approximate surface area is 200 Å². The van der Waals surface area contributed by atoms with Gasteiger partial charge in [0.1, 0.15) is 11.3 Å². The number of carbonyl (C=O) groups is 3. The molecule has 2 aromatic carbocycles. The fourth-order valence-electron chi connectivity index (χ4n) is 4.05. The summed E-state index contributed by atoms with van der Waals surface area (Å²) in [5.41, 5.74) is 2.27. The minimum atomic E-state index is -0.816. The quantitative estimate of drug-likeness (QED) is 0.323. The Morgan fingerprint density at radius 2 is 1.63 bits per heavy atom. The molecule has 4 rings (SSSR count). The molecule has 0 saturated heterocycles. The molecule has 35 heavy (non-hydrogen) atoms. The van der Waals surface area contributed by atoms with Crippen LogP contribution in [-0.4, -0.2) is 36.4 Å². The van der Waals surface area contributed by atoms with Gasteiger partial charge in [0.15, 0.2) is 17.6 Å². The van der Waals surface area contributed by atoms with Gasteiger partial charge >= 0.3 is 11.9 Å². The van der Waals surface area contributed by atoms with Crippen molar-refractivity contribution in [3.8, 4) is 11.3 Å². The lowest BCUT2D eigenvalue weighted by Crippen LogP contribution is -2.17. The predicted octanol–water partition coefficient (Wildman–Crippen LogP) is 4.54. The third-order valence-electron chi connectivity index (χ3n) is 5.84. The average Bonchev–Trinajstić information content (AvgIpc) is 3.17. The number of carbonyl (C=O) groups excluding carboxylic acids is 3. The average molecular weight is 473 g/mol. The van der Waals surface area contributed by atoms with E-state index in [4.69, 9.17) is 13.9 Å². The maximum absolute atomic E-state index is 13.0. The van der Waals surface area contributed by atoms with E-state index in [1.165, 1.54) is 13.2 Å². The van der Waals surface area contributed by atoms with Crippen molar-refractivity contribution in [1.82, 2.24) is 4.98 Å². The Bertz CT molecular complexity index is 1530. The topological polar surface area (TPSA) is 116 Å². The molecule has 0 amide bonds. The van der Waals surface area contributed by atoms with E-state index in [9.17, 15) is 19.2 Å². The van der Waals surface area contributed by atoms with Crippen molar-refractivity contribution in [3.63, 3.8) is 0 Å². The Balaban J connectivity index is 1.65. The van der Waals surface area contributed by atoms with Gasteiger partial charge in [0, 0.05) is 16.8 Å². The lowest BCUT2D eigenvalue weighted by molar-refractivity contribution is 0.0473. The second-order valence-corrected chi connectivity index (χ2v) is 8.05. The van der Waals surface area contributed by atoms with E-state index in [0.29, 0.717) is 28.1 Å². The van der Waals surface area contributed by atoms with E-state index < -0.39 is 24.3 Å². The number of aromatic nitrogens is 1. The summed E-state index contributed by atoms with van der Waals surface area (Å²) in [6, 6.07) is 13.7. The van der Waals surface area contributed by atoms with Gasteiger partial charge in [-0.15, -0.1) is 0 Å². The molecule has 0 saturated carbocycles. The minimum Gasteiger partial charge on any atom is -0.465 e. The van der Waals surface area contributed by atoms with E-state index in [1.807, 2.05) is 18.2 Å². The second kappa shape index (κ2) is 9.42. The van der Waals surface area contributed by atoms with Crippen LogP contribution in [0.2, 0.25) is 0 Å². The van der Waals surface area contributed by atoms with Crippen molar-refractivity contribution in [1.29, 1.82) is 0 Å². The Hall–Kier alpha value is -4.46. The first-order valence-corrected chi connectivity index (χ1v) is 10.8. The van der Waals surface area contributed by atoms with Crippen LogP contribution in [0.25, 0.3) is 22.3 Å². The highest BCUT2D eigenvalue weighted by Gasteiger charge is 2.24. The normalized spacial score (nSPS) is 10.9. The Kier molecular flexibility index (Phi) is 6.38. The van der Waals surface area contributed by atoms with Crippen LogP contribution in [0.3, 0.4) is 0 Å². The maximum Gasteiger partial charge on any atom is 0.342 e. The van der Waals surface area contributed by atoms with Crippen molar-refractivity contribution in [3.05, 3.63) is 92.4 Å². The third kappa shape index (κ3) is 4.26. The second-order valence-electron chi connectivity index (χ2n) is 8.05. The van der Waals surface area contributed by atoms with Gasteiger partial charge in [0.2, 0.25) is 5.78 Å².